The maximum absolute atomic E-state index is 11.0. The lowest BCUT2D eigenvalue weighted by Crippen LogP contribution is -2.07. The second-order valence-electron chi connectivity index (χ2n) is 3.75. The molecule has 0 aromatic heterocycles. The molecule has 0 aliphatic carbocycles. The van der Waals surface area contributed by atoms with Crippen molar-refractivity contribution in [2.45, 2.75) is 13.8 Å². The molecule has 19 heavy (non-hydrogen) atoms. The minimum Gasteiger partial charge on any atom is -0.466 e. The third-order valence-electron chi connectivity index (χ3n) is 1.84. The van der Waals surface area contributed by atoms with Gasteiger partial charge in [0.05, 0.1) is 7.11 Å². The van der Waals surface area contributed by atoms with Crippen LogP contribution in [0.3, 0.4) is 0 Å². The van der Waals surface area contributed by atoms with Gasteiger partial charge in [-0.05, 0) is 26.0 Å². The molecule has 0 radical (unpaired) electrons. The molecule has 0 amide bonds. The Morgan fingerprint density at radius 1 is 0.947 bits per heavy atom. The Balaban J connectivity index is 0.000000399. The number of carbonyl (C=O) groups excluding carboxylic acids is 2. The topological polar surface area (TPSA) is 52.6 Å². The van der Waals surface area contributed by atoms with Crippen molar-refractivity contribution in [3.8, 4) is 5.75 Å². The quantitative estimate of drug-likeness (QED) is 0.477. The molecule has 4 heteroatoms. The number of hydrogen-bond acceptors (Lipinski definition) is 4. The first kappa shape index (κ1) is 16.6. The smallest absolute Gasteiger partial charge is 0.338 e. The number of carbonyl (C=O) groups is 2. The Kier molecular flexibility index (Phi) is 7.61. The Morgan fingerprint density at radius 2 is 1.42 bits per heavy atom. The van der Waals surface area contributed by atoms with Crippen molar-refractivity contribution in [3.05, 3.63) is 54.6 Å². The van der Waals surface area contributed by atoms with Gasteiger partial charge in [-0.15, -0.1) is 0 Å². The Bertz CT molecular complexity index is 460. The third-order valence-corrected chi connectivity index (χ3v) is 1.84. The summed E-state index contributed by atoms with van der Waals surface area (Å²) >= 11 is 0. The molecule has 0 N–H and O–H groups in total. The second-order valence-corrected chi connectivity index (χ2v) is 3.75. The van der Waals surface area contributed by atoms with Gasteiger partial charge in [-0.1, -0.05) is 31.4 Å². The van der Waals surface area contributed by atoms with Gasteiger partial charge in [0.1, 0.15) is 5.75 Å². The van der Waals surface area contributed by atoms with Gasteiger partial charge < -0.3 is 9.47 Å². The number of rotatable bonds is 3. The summed E-state index contributed by atoms with van der Waals surface area (Å²) in [7, 11) is 1.33. The van der Waals surface area contributed by atoms with E-state index in [2.05, 4.69) is 17.9 Å². The first-order valence-electron chi connectivity index (χ1n) is 5.55. The third kappa shape index (κ3) is 7.54. The van der Waals surface area contributed by atoms with E-state index in [0.29, 0.717) is 16.9 Å². The van der Waals surface area contributed by atoms with Crippen molar-refractivity contribution in [1.82, 2.24) is 0 Å². The highest BCUT2D eigenvalue weighted by Gasteiger charge is 2.03. The summed E-state index contributed by atoms with van der Waals surface area (Å²) < 4.78 is 9.21. The van der Waals surface area contributed by atoms with Gasteiger partial charge in [-0.25, -0.2) is 9.59 Å². The van der Waals surface area contributed by atoms with Crippen molar-refractivity contribution in [2.24, 2.45) is 0 Å². The Hall–Kier alpha value is -2.36. The number of methoxy groups -OCH3 is 1. The molecule has 0 aliphatic heterocycles. The summed E-state index contributed by atoms with van der Waals surface area (Å²) in [5.74, 6) is -0.188. The number of benzene rings is 1. The lowest BCUT2D eigenvalue weighted by molar-refractivity contribution is -0.136. The van der Waals surface area contributed by atoms with Gasteiger partial charge in [-0.3, -0.25) is 0 Å². The van der Waals surface area contributed by atoms with E-state index in [-0.39, 0.29) is 11.9 Å². The van der Waals surface area contributed by atoms with E-state index < -0.39 is 0 Å². The van der Waals surface area contributed by atoms with Crippen LogP contribution in [0.15, 0.2) is 54.6 Å². The maximum Gasteiger partial charge on any atom is 0.338 e. The zero-order valence-corrected chi connectivity index (χ0v) is 11.4. The van der Waals surface area contributed by atoms with E-state index in [1.807, 2.05) is 6.07 Å². The predicted octanol–water partition coefficient (Wildman–Crippen LogP) is 2.90. The van der Waals surface area contributed by atoms with Crippen LogP contribution in [-0.4, -0.2) is 19.0 Å². The molecule has 0 atom stereocenters. The minimum atomic E-state index is -0.388. The van der Waals surface area contributed by atoms with Crippen molar-refractivity contribution in [3.63, 3.8) is 0 Å². The van der Waals surface area contributed by atoms with Crippen LogP contribution < -0.4 is 4.74 Å². The van der Waals surface area contributed by atoms with Crippen molar-refractivity contribution >= 4 is 11.9 Å². The number of esters is 2. The SMILES string of the molecule is C=C(C)C(=O)OC.C=C(C)C(=O)Oc1ccccc1. The number of para-hydroxylation sites is 1. The zero-order valence-electron chi connectivity index (χ0n) is 11.4. The fourth-order valence-corrected chi connectivity index (χ4v) is 0.857. The lowest BCUT2D eigenvalue weighted by Gasteiger charge is -2.01. The average molecular weight is 262 g/mol. The van der Waals surface area contributed by atoms with Gasteiger partial charge in [0.25, 0.3) is 0 Å². The second kappa shape index (κ2) is 8.69. The van der Waals surface area contributed by atoms with Crippen molar-refractivity contribution < 1.29 is 19.1 Å². The molecule has 0 aliphatic rings. The predicted molar refractivity (Wildman–Crippen MR) is 73.7 cm³/mol. The first-order valence-corrected chi connectivity index (χ1v) is 5.55. The van der Waals surface area contributed by atoms with E-state index in [0.717, 1.165) is 0 Å². The molecule has 4 nitrogen and oxygen atoms in total. The molecule has 0 unspecified atom stereocenters. The zero-order chi connectivity index (χ0) is 14.8. The van der Waals surface area contributed by atoms with E-state index >= 15 is 0 Å². The summed E-state index contributed by atoms with van der Waals surface area (Å²) in [6.45, 7) is 10.0. The van der Waals surface area contributed by atoms with Crippen molar-refractivity contribution in [2.75, 3.05) is 7.11 Å². The largest absolute Gasteiger partial charge is 0.466 e. The van der Waals surface area contributed by atoms with Crippen LogP contribution in [-0.2, 0) is 14.3 Å². The van der Waals surface area contributed by atoms with Gasteiger partial charge in [0, 0.05) is 11.1 Å². The molecule has 0 bridgehead atoms. The minimum absolute atomic E-state index is 0.347. The van der Waals surface area contributed by atoms with E-state index in [1.165, 1.54) is 7.11 Å². The van der Waals surface area contributed by atoms with Gasteiger partial charge >= 0.3 is 11.9 Å². The Morgan fingerprint density at radius 3 is 1.74 bits per heavy atom. The monoisotopic (exact) mass is 262 g/mol. The highest BCUT2D eigenvalue weighted by molar-refractivity contribution is 5.88. The van der Waals surface area contributed by atoms with Gasteiger partial charge in [0.15, 0.2) is 0 Å². The summed E-state index contributed by atoms with van der Waals surface area (Å²) in [6.07, 6.45) is 0. The molecule has 0 heterocycles. The van der Waals surface area contributed by atoms with E-state index in [1.54, 1.807) is 38.1 Å². The Labute approximate surface area is 113 Å². The molecule has 1 rings (SSSR count). The molecule has 0 spiro atoms. The summed E-state index contributed by atoms with van der Waals surface area (Å²) in [5, 5.41) is 0. The van der Waals surface area contributed by atoms with Gasteiger partial charge in [0.2, 0.25) is 0 Å². The summed E-state index contributed by atoms with van der Waals surface area (Å²) in [6, 6.07) is 8.92. The normalized spacial score (nSPS) is 8.58. The molecule has 1 aromatic rings. The highest BCUT2D eigenvalue weighted by atomic mass is 16.5. The van der Waals surface area contributed by atoms with Gasteiger partial charge in [-0.2, -0.15) is 0 Å². The maximum atomic E-state index is 11.0. The average Bonchev–Trinajstić information content (AvgIpc) is 2.39. The first-order chi connectivity index (χ1) is 8.88. The lowest BCUT2D eigenvalue weighted by atomic mass is 10.3. The molecule has 0 fully saturated rings. The highest BCUT2D eigenvalue weighted by Crippen LogP contribution is 2.09. The summed E-state index contributed by atoms with van der Waals surface area (Å²) in [4.78, 5) is 21.2. The van der Waals surface area contributed by atoms with Crippen LogP contribution in [0.4, 0.5) is 0 Å². The molecular formula is C15H18O4. The van der Waals surface area contributed by atoms with Crippen LogP contribution in [0.1, 0.15) is 13.8 Å². The molecule has 0 saturated carbocycles. The molecule has 1 aromatic carbocycles. The fraction of sp³-hybridized carbons (Fsp3) is 0.200. The fourth-order valence-electron chi connectivity index (χ4n) is 0.857. The van der Waals surface area contributed by atoms with Crippen LogP contribution in [0, 0.1) is 0 Å². The van der Waals surface area contributed by atoms with E-state index in [4.69, 9.17) is 4.74 Å². The molecular weight excluding hydrogens is 244 g/mol. The van der Waals surface area contributed by atoms with Crippen LogP contribution in [0.25, 0.3) is 0 Å². The molecule has 0 saturated heterocycles. The van der Waals surface area contributed by atoms with E-state index in [9.17, 15) is 9.59 Å². The standard InChI is InChI=1S/C10H10O2.C5H8O2/c1-8(2)10(11)12-9-6-4-3-5-7-9;1-4(2)5(6)7-3/h3-7H,1H2,2H3;1H2,2-3H3. The van der Waals surface area contributed by atoms with Crippen molar-refractivity contribution in [1.29, 1.82) is 0 Å². The van der Waals surface area contributed by atoms with Crippen LogP contribution in [0.2, 0.25) is 0 Å². The summed E-state index contributed by atoms with van der Waals surface area (Å²) in [5.41, 5.74) is 0.835. The van der Waals surface area contributed by atoms with Crippen LogP contribution >= 0.6 is 0 Å². The molecule has 102 valence electrons. The number of ether oxygens (including phenoxy) is 2. The van der Waals surface area contributed by atoms with Crippen LogP contribution in [0.5, 0.6) is 5.75 Å². The number of hydrogen-bond donors (Lipinski definition) is 0.